The van der Waals surface area contributed by atoms with Crippen molar-refractivity contribution in [2.75, 3.05) is 5.32 Å². The number of hydrogen-bond acceptors (Lipinski definition) is 4. The topological polar surface area (TPSA) is 48.7 Å². The van der Waals surface area contributed by atoms with Crippen LogP contribution in [0.4, 0.5) is 5.13 Å². The van der Waals surface area contributed by atoms with Crippen LogP contribution in [-0.2, 0) is 0 Å². The van der Waals surface area contributed by atoms with Gasteiger partial charge in [-0.1, -0.05) is 17.4 Å². The average Bonchev–Trinajstić information content (AvgIpc) is 2.46. The van der Waals surface area contributed by atoms with Crippen molar-refractivity contribution in [3.8, 4) is 6.19 Å². The zero-order valence-electron chi connectivity index (χ0n) is 7.03. The molecule has 0 aliphatic rings. The molecule has 0 atom stereocenters. The Morgan fingerprint density at radius 3 is 3.15 bits per heavy atom. The maximum absolute atomic E-state index is 8.40. The third-order valence-electron chi connectivity index (χ3n) is 1.71. The van der Waals surface area contributed by atoms with E-state index < -0.39 is 0 Å². The highest BCUT2D eigenvalue weighted by Gasteiger charge is 2.01. The van der Waals surface area contributed by atoms with Crippen molar-refractivity contribution >= 4 is 26.7 Å². The van der Waals surface area contributed by atoms with Gasteiger partial charge in [0.05, 0.1) is 10.2 Å². The fraction of sp³-hybridized carbons (Fsp3) is 0.111. The standard InChI is InChI=1S/C9H7N3S/c1-6-2-3-7-8(4-6)13-9(12-7)11-5-10/h2-4H,1H3,(H,11,12). The fourth-order valence-electron chi connectivity index (χ4n) is 1.13. The van der Waals surface area contributed by atoms with Gasteiger partial charge in [-0.2, -0.15) is 5.26 Å². The zero-order valence-corrected chi connectivity index (χ0v) is 7.85. The highest BCUT2D eigenvalue weighted by Crippen LogP contribution is 2.26. The second kappa shape index (κ2) is 3.04. The summed E-state index contributed by atoms with van der Waals surface area (Å²) in [5.41, 5.74) is 2.15. The normalized spacial score (nSPS) is 9.85. The molecule has 0 aliphatic carbocycles. The Morgan fingerprint density at radius 2 is 2.38 bits per heavy atom. The summed E-state index contributed by atoms with van der Waals surface area (Å²) in [5.74, 6) is 0. The quantitative estimate of drug-likeness (QED) is 0.554. The van der Waals surface area contributed by atoms with E-state index in [0.717, 1.165) is 10.2 Å². The number of rotatable bonds is 1. The number of nitrogens with one attached hydrogen (secondary N) is 1. The Labute approximate surface area is 79.6 Å². The number of aromatic nitrogens is 1. The Balaban J connectivity index is 2.57. The zero-order chi connectivity index (χ0) is 9.26. The lowest BCUT2D eigenvalue weighted by atomic mass is 10.2. The molecule has 0 amide bonds. The van der Waals surface area contributed by atoms with Crippen molar-refractivity contribution in [3.63, 3.8) is 0 Å². The number of aryl methyl sites for hydroxylation is 1. The van der Waals surface area contributed by atoms with Crippen LogP contribution in [0.1, 0.15) is 5.56 Å². The lowest BCUT2D eigenvalue weighted by Crippen LogP contribution is -1.83. The summed E-state index contributed by atoms with van der Waals surface area (Å²) >= 11 is 1.49. The molecule has 2 aromatic rings. The SMILES string of the molecule is Cc1ccc2nc(NC#N)sc2c1. The molecule has 0 unspecified atom stereocenters. The molecule has 0 aliphatic heterocycles. The van der Waals surface area contributed by atoms with Crippen molar-refractivity contribution in [2.24, 2.45) is 0 Å². The molecule has 0 saturated carbocycles. The van der Waals surface area contributed by atoms with Crippen LogP contribution in [0.15, 0.2) is 18.2 Å². The van der Waals surface area contributed by atoms with Gasteiger partial charge in [0.1, 0.15) is 0 Å². The summed E-state index contributed by atoms with van der Waals surface area (Å²) in [6.45, 7) is 2.04. The van der Waals surface area contributed by atoms with E-state index in [-0.39, 0.29) is 0 Å². The van der Waals surface area contributed by atoms with Crippen LogP contribution < -0.4 is 5.32 Å². The first-order valence-corrected chi connectivity index (χ1v) is 4.63. The highest BCUT2D eigenvalue weighted by atomic mass is 32.1. The summed E-state index contributed by atoms with van der Waals surface area (Å²) in [7, 11) is 0. The van der Waals surface area contributed by atoms with Crippen LogP contribution in [0.5, 0.6) is 0 Å². The van der Waals surface area contributed by atoms with Gasteiger partial charge in [-0.15, -0.1) is 0 Å². The monoisotopic (exact) mass is 189 g/mol. The van der Waals surface area contributed by atoms with E-state index in [9.17, 15) is 0 Å². The van der Waals surface area contributed by atoms with Crippen LogP contribution >= 0.6 is 11.3 Å². The molecule has 1 N–H and O–H groups in total. The second-order valence-electron chi connectivity index (χ2n) is 2.73. The largest absolute Gasteiger partial charge is 0.268 e. The maximum Gasteiger partial charge on any atom is 0.197 e. The predicted molar refractivity (Wildman–Crippen MR) is 53.6 cm³/mol. The van der Waals surface area contributed by atoms with E-state index in [4.69, 9.17) is 5.26 Å². The second-order valence-corrected chi connectivity index (χ2v) is 3.76. The number of fused-ring (bicyclic) bond motifs is 1. The summed E-state index contributed by atoms with van der Waals surface area (Å²) in [6.07, 6.45) is 1.86. The molecular weight excluding hydrogens is 182 g/mol. The molecule has 4 heteroatoms. The molecule has 64 valence electrons. The first kappa shape index (κ1) is 8.02. The van der Waals surface area contributed by atoms with Crippen molar-refractivity contribution in [1.82, 2.24) is 4.98 Å². The van der Waals surface area contributed by atoms with Crippen LogP contribution in [-0.4, -0.2) is 4.98 Å². The van der Waals surface area contributed by atoms with Crippen molar-refractivity contribution in [1.29, 1.82) is 5.26 Å². The van der Waals surface area contributed by atoms with Gasteiger partial charge < -0.3 is 0 Å². The minimum Gasteiger partial charge on any atom is -0.268 e. The van der Waals surface area contributed by atoms with Crippen molar-refractivity contribution in [2.45, 2.75) is 6.92 Å². The predicted octanol–water partition coefficient (Wildman–Crippen LogP) is 2.50. The number of nitrogens with zero attached hydrogens (tertiary/aromatic N) is 2. The van der Waals surface area contributed by atoms with E-state index >= 15 is 0 Å². The minimum atomic E-state index is 0.656. The molecule has 3 nitrogen and oxygen atoms in total. The summed E-state index contributed by atoms with van der Waals surface area (Å²) < 4.78 is 1.11. The Kier molecular flexibility index (Phi) is 1.87. The van der Waals surface area contributed by atoms with E-state index in [1.165, 1.54) is 16.9 Å². The number of nitriles is 1. The average molecular weight is 189 g/mol. The lowest BCUT2D eigenvalue weighted by Gasteiger charge is -1.88. The highest BCUT2D eigenvalue weighted by molar-refractivity contribution is 7.22. The van der Waals surface area contributed by atoms with E-state index in [1.807, 2.05) is 25.2 Å². The molecule has 0 spiro atoms. The fourth-order valence-corrected chi connectivity index (χ4v) is 2.05. The number of thiazole rings is 1. The van der Waals surface area contributed by atoms with Crippen LogP contribution in [0.3, 0.4) is 0 Å². The molecule has 1 aromatic heterocycles. The van der Waals surface area contributed by atoms with Crippen LogP contribution in [0, 0.1) is 18.4 Å². The third kappa shape index (κ3) is 1.46. The molecular formula is C9H7N3S. The van der Waals surface area contributed by atoms with E-state index in [1.54, 1.807) is 0 Å². The Bertz CT molecular complexity index is 481. The number of anilines is 1. The van der Waals surface area contributed by atoms with Crippen molar-refractivity contribution in [3.05, 3.63) is 23.8 Å². The first-order valence-electron chi connectivity index (χ1n) is 3.82. The van der Waals surface area contributed by atoms with E-state index in [0.29, 0.717) is 5.13 Å². The minimum absolute atomic E-state index is 0.656. The molecule has 0 bridgehead atoms. The number of benzene rings is 1. The third-order valence-corrected chi connectivity index (χ3v) is 2.64. The van der Waals surface area contributed by atoms with Gasteiger partial charge in [-0.3, -0.25) is 5.32 Å². The van der Waals surface area contributed by atoms with Gasteiger partial charge in [-0.05, 0) is 24.6 Å². The van der Waals surface area contributed by atoms with Gasteiger partial charge in [0.25, 0.3) is 0 Å². The van der Waals surface area contributed by atoms with Crippen LogP contribution in [0.25, 0.3) is 10.2 Å². The van der Waals surface area contributed by atoms with Crippen LogP contribution in [0.2, 0.25) is 0 Å². The smallest absolute Gasteiger partial charge is 0.197 e. The van der Waals surface area contributed by atoms with Gasteiger partial charge in [0.2, 0.25) is 0 Å². The molecule has 2 rings (SSSR count). The molecule has 0 fully saturated rings. The van der Waals surface area contributed by atoms with Gasteiger partial charge in [0.15, 0.2) is 11.3 Å². The molecule has 1 heterocycles. The molecule has 1 aromatic carbocycles. The Hall–Kier alpha value is -1.60. The summed E-state index contributed by atoms with van der Waals surface area (Å²) in [4.78, 5) is 4.23. The van der Waals surface area contributed by atoms with E-state index in [2.05, 4.69) is 16.4 Å². The summed E-state index contributed by atoms with van der Waals surface area (Å²) in [5, 5.41) is 11.6. The van der Waals surface area contributed by atoms with Gasteiger partial charge in [0, 0.05) is 0 Å². The molecule has 0 radical (unpaired) electrons. The lowest BCUT2D eigenvalue weighted by molar-refractivity contribution is 1.41. The molecule has 0 saturated heterocycles. The maximum atomic E-state index is 8.40. The summed E-state index contributed by atoms with van der Waals surface area (Å²) in [6, 6.07) is 6.04. The number of hydrogen-bond donors (Lipinski definition) is 1. The molecule has 13 heavy (non-hydrogen) atoms. The first-order chi connectivity index (χ1) is 6.29. The van der Waals surface area contributed by atoms with Gasteiger partial charge >= 0.3 is 0 Å². The van der Waals surface area contributed by atoms with Crippen molar-refractivity contribution < 1.29 is 0 Å². The Morgan fingerprint density at radius 1 is 1.54 bits per heavy atom. The van der Waals surface area contributed by atoms with Gasteiger partial charge in [-0.25, -0.2) is 4.98 Å².